The topological polar surface area (TPSA) is 103 Å². The highest BCUT2D eigenvalue weighted by Gasteiger charge is 2.21. The molecule has 2 fully saturated rings. The van der Waals surface area contributed by atoms with Crippen LogP contribution in [0.5, 0.6) is 0 Å². The second kappa shape index (κ2) is 11.0. The first kappa shape index (κ1) is 25.2. The normalized spacial score (nSPS) is 16.1. The van der Waals surface area contributed by atoms with Gasteiger partial charge < -0.3 is 19.9 Å². The molecule has 0 radical (unpaired) electrons. The Hall–Kier alpha value is -4.08. The molecule has 39 heavy (non-hydrogen) atoms. The molecule has 2 saturated heterocycles. The number of H-pyrrole nitrogens is 1. The number of benzene rings is 1. The number of amides is 2. The van der Waals surface area contributed by atoms with Crippen LogP contribution < -0.4 is 5.32 Å². The number of aryl methyl sites for hydroxylation is 1. The molecule has 4 aromatic rings. The Balaban J connectivity index is 1.21. The van der Waals surface area contributed by atoms with Crippen LogP contribution in [0.4, 0.5) is 5.69 Å². The maximum atomic E-state index is 13.4. The van der Waals surface area contributed by atoms with Crippen LogP contribution in [-0.4, -0.2) is 76.0 Å². The van der Waals surface area contributed by atoms with Crippen LogP contribution in [0.3, 0.4) is 0 Å². The van der Waals surface area contributed by atoms with Crippen molar-refractivity contribution in [3.63, 3.8) is 0 Å². The van der Waals surface area contributed by atoms with Crippen LogP contribution >= 0.6 is 0 Å². The molecule has 0 bridgehead atoms. The van der Waals surface area contributed by atoms with Gasteiger partial charge in [-0.1, -0.05) is 6.07 Å². The molecular formula is C30H32N6O3. The number of carbonyl (C=O) groups is 2. The first-order valence-electron chi connectivity index (χ1n) is 13.5. The Kier molecular flexibility index (Phi) is 7.08. The van der Waals surface area contributed by atoms with E-state index in [0.29, 0.717) is 16.9 Å². The van der Waals surface area contributed by atoms with Gasteiger partial charge in [0.1, 0.15) is 5.69 Å². The summed E-state index contributed by atoms with van der Waals surface area (Å²) in [6.07, 6.45) is 7.38. The van der Waals surface area contributed by atoms with Crippen molar-refractivity contribution in [2.24, 2.45) is 0 Å². The maximum absolute atomic E-state index is 13.4. The molecule has 9 nitrogen and oxygen atoms in total. The summed E-state index contributed by atoms with van der Waals surface area (Å²) in [5, 5.41) is 3.79. The summed E-state index contributed by atoms with van der Waals surface area (Å²) < 4.78 is 5.46. The van der Waals surface area contributed by atoms with E-state index in [9.17, 15) is 9.59 Å². The van der Waals surface area contributed by atoms with Gasteiger partial charge in [0.05, 0.1) is 30.7 Å². The van der Waals surface area contributed by atoms with Gasteiger partial charge in [0.15, 0.2) is 0 Å². The number of rotatable bonds is 6. The highest BCUT2D eigenvalue weighted by molar-refractivity contribution is 6.14. The summed E-state index contributed by atoms with van der Waals surface area (Å²) in [7, 11) is 0. The summed E-state index contributed by atoms with van der Waals surface area (Å²) in [5.74, 6) is -0.288. The number of ether oxygens (including phenoxy) is 1. The van der Waals surface area contributed by atoms with Crippen LogP contribution in [-0.2, 0) is 11.3 Å². The first-order chi connectivity index (χ1) is 19.0. The van der Waals surface area contributed by atoms with Crippen LogP contribution in [0.25, 0.3) is 22.0 Å². The lowest BCUT2D eigenvalue weighted by atomic mass is 10.0. The monoisotopic (exact) mass is 524 g/mol. The fraction of sp³-hybridized carbons (Fsp3) is 0.333. The van der Waals surface area contributed by atoms with E-state index in [-0.39, 0.29) is 11.8 Å². The SMILES string of the molecule is Cc1[nH]c2ccc(-c3cncc(CN4CCOCC4)c3)cc2c1C(=O)Nc1ccc(C(=O)N2CCCC2)nc1. The summed E-state index contributed by atoms with van der Waals surface area (Å²) in [6, 6.07) is 11.7. The molecule has 0 atom stereocenters. The third kappa shape index (κ3) is 5.41. The number of fused-ring (bicyclic) bond motifs is 1. The smallest absolute Gasteiger partial charge is 0.272 e. The summed E-state index contributed by atoms with van der Waals surface area (Å²) in [4.78, 5) is 42.3. The van der Waals surface area contributed by atoms with Gasteiger partial charge in [-0.05, 0) is 61.2 Å². The fourth-order valence-electron chi connectivity index (χ4n) is 5.42. The van der Waals surface area contributed by atoms with Gasteiger partial charge in [-0.15, -0.1) is 0 Å². The van der Waals surface area contributed by atoms with Crippen molar-refractivity contribution >= 4 is 28.4 Å². The zero-order valence-corrected chi connectivity index (χ0v) is 22.1. The number of aromatic amines is 1. The number of morpholine rings is 1. The third-order valence-electron chi connectivity index (χ3n) is 7.48. The second-order valence-electron chi connectivity index (χ2n) is 10.2. The average Bonchev–Trinajstić information content (AvgIpc) is 3.61. The number of nitrogens with one attached hydrogen (secondary N) is 2. The van der Waals surface area contributed by atoms with Crippen molar-refractivity contribution < 1.29 is 14.3 Å². The van der Waals surface area contributed by atoms with E-state index in [2.05, 4.69) is 37.3 Å². The highest BCUT2D eigenvalue weighted by atomic mass is 16.5. The first-order valence-corrected chi connectivity index (χ1v) is 13.5. The molecule has 0 unspecified atom stereocenters. The zero-order chi connectivity index (χ0) is 26.8. The molecule has 6 rings (SSSR count). The molecule has 2 amide bonds. The molecule has 2 aliphatic heterocycles. The van der Waals surface area contributed by atoms with Gasteiger partial charge >= 0.3 is 0 Å². The minimum atomic E-state index is -0.226. The van der Waals surface area contributed by atoms with Gasteiger partial charge in [0.2, 0.25) is 0 Å². The van der Waals surface area contributed by atoms with Crippen molar-refractivity contribution in [3.05, 3.63) is 77.5 Å². The van der Waals surface area contributed by atoms with E-state index in [4.69, 9.17) is 4.74 Å². The number of hydrogen-bond acceptors (Lipinski definition) is 6. The molecule has 2 aliphatic rings. The lowest BCUT2D eigenvalue weighted by molar-refractivity contribution is 0.0341. The third-order valence-corrected chi connectivity index (χ3v) is 7.48. The Morgan fingerprint density at radius 1 is 0.974 bits per heavy atom. The highest BCUT2D eigenvalue weighted by Crippen LogP contribution is 2.29. The molecule has 0 aliphatic carbocycles. The summed E-state index contributed by atoms with van der Waals surface area (Å²) in [6.45, 7) is 7.64. The maximum Gasteiger partial charge on any atom is 0.272 e. The Labute approximate surface area is 227 Å². The van der Waals surface area contributed by atoms with Gasteiger partial charge in [0, 0.05) is 67.3 Å². The van der Waals surface area contributed by atoms with Crippen molar-refractivity contribution in [2.75, 3.05) is 44.7 Å². The van der Waals surface area contributed by atoms with E-state index in [1.54, 1.807) is 18.3 Å². The molecule has 3 aromatic heterocycles. The molecule has 9 heteroatoms. The van der Waals surface area contributed by atoms with Crippen molar-refractivity contribution in [1.29, 1.82) is 0 Å². The van der Waals surface area contributed by atoms with E-state index < -0.39 is 0 Å². The molecular weight excluding hydrogens is 492 g/mol. The van der Waals surface area contributed by atoms with Crippen LogP contribution in [0.2, 0.25) is 0 Å². The van der Waals surface area contributed by atoms with Crippen LogP contribution in [0, 0.1) is 6.92 Å². The molecule has 5 heterocycles. The Morgan fingerprint density at radius 3 is 2.56 bits per heavy atom. The number of likely N-dealkylation sites (tertiary alicyclic amines) is 1. The van der Waals surface area contributed by atoms with Gasteiger partial charge in [-0.25, -0.2) is 4.98 Å². The Bertz CT molecular complexity index is 1500. The van der Waals surface area contributed by atoms with Crippen molar-refractivity contribution in [2.45, 2.75) is 26.3 Å². The second-order valence-corrected chi connectivity index (χ2v) is 10.2. The molecule has 2 N–H and O–H groups in total. The lowest BCUT2D eigenvalue weighted by Gasteiger charge is -2.26. The molecule has 0 saturated carbocycles. The van der Waals surface area contributed by atoms with Gasteiger partial charge in [-0.2, -0.15) is 0 Å². The van der Waals surface area contributed by atoms with Crippen LogP contribution in [0.15, 0.2) is 55.0 Å². The van der Waals surface area contributed by atoms with Crippen LogP contribution in [0.1, 0.15) is 44.9 Å². The Morgan fingerprint density at radius 2 is 1.79 bits per heavy atom. The minimum Gasteiger partial charge on any atom is -0.379 e. The molecule has 200 valence electrons. The van der Waals surface area contributed by atoms with E-state index in [0.717, 1.165) is 92.1 Å². The van der Waals surface area contributed by atoms with E-state index in [1.165, 1.54) is 0 Å². The fourth-order valence-corrected chi connectivity index (χ4v) is 5.42. The average molecular weight is 525 g/mol. The standard InChI is InChI=1S/C30H32N6O3/c1-20-28(29(37)34-24-5-7-27(32-18-24)30(38)36-8-2-3-9-36)25-15-22(4-6-26(25)33-20)23-14-21(16-31-17-23)19-35-10-12-39-13-11-35/h4-7,14-18,33H,2-3,8-13,19H2,1H3,(H,34,37). The van der Waals surface area contributed by atoms with Gasteiger partial charge in [0.25, 0.3) is 11.8 Å². The van der Waals surface area contributed by atoms with E-state index >= 15 is 0 Å². The van der Waals surface area contributed by atoms with Crippen molar-refractivity contribution in [1.82, 2.24) is 24.8 Å². The summed E-state index contributed by atoms with van der Waals surface area (Å²) >= 11 is 0. The molecule has 1 aromatic carbocycles. The van der Waals surface area contributed by atoms with Crippen molar-refractivity contribution in [3.8, 4) is 11.1 Å². The summed E-state index contributed by atoms with van der Waals surface area (Å²) in [5.41, 5.74) is 6.36. The van der Waals surface area contributed by atoms with Gasteiger partial charge in [-0.3, -0.25) is 19.5 Å². The number of pyridine rings is 2. The number of hydrogen-bond donors (Lipinski definition) is 2. The quantitative estimate of drug-likeness (QED) is 0.391. The lowest BCUT2D eigenvalue weighted by Crippen LogP contribution is -2.35. The molecule has 0 spiro atoms. The minimum absolute atomic E-state index is 0.0612. The number of carbonyl (C=O) groups excluding carboxylic acids is 2. The number of nitrogens with zero attached hydrogens (tertiary/aromatic N) is 4. The number of anilines is 1. The van der Waals surface area contributed by atoms with E-state index in [1.807, 2.05) is 36.4 Å². The zero-order valence-electron chi connectivity index (χ0n) is 22.1. The number of aromatic nitrogens is 3. The largest absolute Gasteiger partial charge is 0.379 e. The predicted molar refractivity (Wildman–Crippen MR) is 150 cm³/mol. The predicted octanol–water partition coefficient (Wildman–Crippen LogP) is 4.25.